The molecule has 1 aliphatic heterocycles. The van der Waals surface area contributed by atoms with E-state index >= 15 is 0 Å². The Kier molecular flexibility index (Phi) is 7.60. The van der Waals surface area contributed by atoms with Gasteiger partial charge in [-0.15, -0.1) is 0 Å². The van der Waals surface area contributed by atoms with Gasteiger partial charge in [-0.05, 0) is 57.9 Å². The Morgan fingerprint density at radius 3 is 2.80 bits per heavy atom. The number of nitrogens with one attached hydrogen (secondary N) is 2. The summed E-state index contributed by atoms with van der Waals surface area (Å²) in [5.74, 6) is -0.205. The lowest BCUT2D eigenvalue weighted by atomic mass is 9.94. The molecule has 13 nitrogen and oxygen atoms in total. The Bertz CT molecular complexity index is 1610. The summed E-state index contributed by atoms with van der Waals surface area (Å²) in [5.41, 5.74) is 8.20. The van der Waals surface area contributed by atoms with Crippen molar-refractivity contribution in [1.29, 1.82) is 0 Å². The van der Waals surface area contributed by atoms with Crippen LogP contribution in [0.5, 0.6) is 5.75 Å². The summed E-state index contributed by atoms with van der Waals surface area (Å²) >= 11 is 0. The number of hydrogen-bond acceptors (Lipinski definition) is 8. The quantitative estimate of drug-likeness (QED) is 0.249. The molecule has 4 N–H and O–H groups in total. The maximum atomic E-state index is 13.3. The minimum absolute atomic E-state index is 0.127. The zero-order valence-electron chi connectivity index (χ0n) is 23.1. The van der Waals surface area contributed by atoms with E-state index in [2.05, 4.69) is 25.7 Å². The third-order valence-electron chi connectivity index (χ3n) is 6.99. The topological polar surface area (TPSA) is 168 Å². The van der Waals surface area contributed by atoms with Gasteiger partial charge < -0.3 is 20.5 Å². The van der Waals surface area contributed by atoms with E-state index in [1.165, 1.54) is 0 Å². The normalized spacial score (nSPS) is 15.8. The summed E-state index contributed by atoms with van der Waals surface area (Å²) in [6, 6.07) is 8.50. The lowest BCUT2D eigenvalue weighted by Crippen LogP contribution is -2.41. The summed E-state index contributed by atoms with van der Waals surface area (Å²) in [5, 5.41) is 10.1. The number of rotatable bonds is 10. The second-order valence-corrected chi connectivity index (χ2v) is 10.2. The van der Waals surface area contributed by atoms with E-state index in [0.717, 1.165) is 11.3 Å². The van der Waals surface area contributed by atoms with Crippen molar-refractivity contribution in [3.63, 3.8) is 0 Å². The second-order valence-electron chi connectivity index (χ2n) is 10.2. The molecule has 0 saturated heterocycles. The van der Waals surface area contributed by atoms with Crippen LogP contribution in [-0.2, 0) is 23.4 Å². The minimum Gasteiger partial charge on any atom is -0.489 e. The number of imidazole rings is 1. The van der Waals surface area contributed by atoms with Crippen molar-refractivity contribution in [2.24, 2.45) is 5.73 Å². The molecule has 214 valence electrons. The number of nitrogens with two attached hydrogens (primary N) is 1. The highest BCUT2D eigenvalue weighted by atomic mass is 16.5. The molecule has 0 unspecified atom stereocenters. The highest BCUT2D eigenvalue weighted by molar-refractivity contribution is 6.04. The van der Waals surface area contributed by atoms with Gasteiger partial charge in [0.2, 0.25) is 11.9 Å². The molecule has 0 radical (unpaired) electrons. The average Bonchev–Trinajstić information content (AvgIpc) is 3.53. The number of amides is 3. The fraction of sp³-hybridized carbons (Fsp3) is 0.357. The van der Waals surface area contributed by atoms with Crippen LogP contribution in [-0.4, -0.2) is 55.4 Å². The molecule has 0 bridgehead atoms. The van der Waals surface area contributed by atoms with Crippen LogP contribution in [0, 0.1) is 6.92 Å². The van der Waals surface area contributed by atoms with Crippen LogP contribution < -0.4 is 21.1 Å². The van der Waals surface area contributed by atoms with E-state index in [9.17, 15) is 14.4 Å². The summed E-state index contributed by atoms with van der Waals surface area (Å²) in [6.45, 7) is 6.99. The average molecular weight is 561 g/mol. The maximum absolute atomic E-state index is 13.3. The summed E-state index contributed by atoms with van der Waals surface area (Å²) < 4.78 is 14.9. The van der Waals surface area contributed by atoms with E-state index in [1.807, 2.05) is 31.4 Å². The van der Waals surface area contributed by atoms with Gasteiger partial charge in [0.05, 0.1) is 16.7 Å². The maximum Gasteiger partial charge on any atom is 0.407 e. The monoisotopic (exact) mass is 560 g/mol. The Hall–Kier alpha value is -4.94. The van der Waals surface area contributed by atoms with Crippen LogP contribution in [0.2, 0.25) is 0 Å². The van der Waals surface area contributed by atoms with Crippen molar-refractivity contribution >= 4 is 34.9 Å². The van der Waals surface area contributed by atoms with Gasteiger partial charge in [0.1, 0.15) is 30.2 Å². The van der Waals surface area contributed by atoms with Crippen LogP contribution >= 0.6 is 0 Å². The highest BCUT2D eigenvalue weighted by Gasteiger charge is 2.37. The zero-order chi connectivity index (χ0) is 29.1. The van der Waals surface area contributed by atoms with Crippen LogP contribution in [0.25, 0.3) is 11.0 Å². The van der Waals surface area contributed by atoms with Crippen molar-refractivity contribution in [1.82, 2.24) is 29.6 Å². The van der Waals surface area contributed by atoms with Gasteiger partial charge in [-0.25, -0.2) is 9.78 Å². The van der Waals surface area contributed by atoms with Crippen molar-refractivity contribution in [2.75, 3.05) is 18.5 Å². The van der Waals surface area contributed by atoms with Crippen LogP contribution in [0.3, 0.4) is 0 Å². The van der Waals surface area contributed by atoms with Crippen molar-refractivity contribution in [3.05, 3.63) is 65.2 Å². The summed E-state index contributed by atoms with van der Waals surface area (Å²) in [7, 11) is 0. The standard InChI is InChI=1S/C28H32N8O5/c1-4-35-21(11-17(2)34-35)25(38)33-26-32-20-12-19(24(29)37)13-22-23(20)36(26)28(3,16-41-22)8-6-10-31-27(39)40-15-18-7-5-9-30-14-18/h5,7,9,11-14H,4,6,8,10,15-16H2,1-3H3,(H2,29,37)(H,31,39)(H,32,33,38)/t28-/m0/s1. The number of ether oxygens (including phenoxy) is 2. The first kappa shape index (κ1) is 27.6. The van der Waals surface area contributed by atoms with Gasteiger partial charge in [-0.2, -0.15) is 5.10 Å². The number of aromatic nitrogens is 5. The minimum atomic E-state index is -0.638. The number of benzene rings is 1. The van der Waals surface area contributed by atoms with Crippen LogP contribution in [0.4, 0.5) is 10.7 Å². The Labute approximate surface area is 236 Å². The Balaban J connectivity index is 1.36. The lowest BCUT2D eigenvalue weighted by molar-refractivity contribution is 0.0995. The van der Waals surface area contributed by atoms with Crippen molar-refractivity contribution in [3.8, 4) is 5.75 Å². The van der Waals surface area contributed by atoms with E-state index in [0.29, 0.717) is 54.4 Å². The number of pyridine rings is 1. The third kappa shape index (κ3) is 5.69. The molecule has 4 heterocycles. The van der Waals surface area contributed by atoms with Crippen LogP contribution in [0.1, 0.15) is 58.8 Å². The third-order valence-corrected chi connectivity index (χ3v) is 6.99. The van der Waals surface area contributed by atoms with Gasteiger partial charge in [0.25, 0.3) is 5.91 Å². The molecule has 4 aromatic rings. The van der Waals surface area contributed by atoms with E-state index < -0.39 is 17.5 Å². The second kappa shape index (κ2) is 11.3. The molecule has 0 saturated carbocycles. The molecule has 5 rings (SSSR count). The van der Waals surface area contributed by atoms with Gasteiger partial charge >= 0.3 is 6.09 Å². The molecule has 41 heavy (non-hydrogen) atoms. The highest BCUT2D eigenvalue weighted by Crippen LogP contribution is 2.41. The molecule has 1 atom stereocenters. The van der Waals surface area contributed by atoms with Gasteiger partial charge in [0, 0.05) is 36.6 Å². The first-order chi connectivity index (χ1) is 19.7. The van der Waals surface area contributed by atoms with Crippen molar-refractivity contribution in [2.45, 2.75) is 52.3 Å². The number of carbonyl (C=O) groups excluding carboxylic acids is 3. The molecule has 1 aliphatic rings. The number of anilines is 1. The summed E-state index contributed by atoms with van der Waals surface area (Å²) in [4.78, 5) is 46.2. The molecular weight excluding hydrogens is 528 g/mol. The number of primary amides is 1. The Morgan fingerprint density at radius 1 is 1.24 bits per heavy atom. The largest absolute Gasteiger partial charge is 0.489 e. The molecule has 3 amide bonds. The Morgan fingerprint density at radius 2 is 2.07 bits per heavy atom. The fourth-order valence-electron chi connectivity index (χ4n) is 4.99. The van der Waals surface area contributed by atoms with Gasteiger partial charge in [0.15, 0.2) is 0 Å². The molecule has 0 spiro atoms. The lowest BCUT2D eigenvalue weighted by Gasteiger charge is -2.37. The number of nitrogens with zero attached hydrogens (tertiary/aromatic N) is 5. The van der Waals surface area contributed by atoms with E-state index in [4.69, 9.17) is 15.2 Å². The molecule has 1 aromatic carbocycles. The first-order valence-corrected chi connectivity index (χ1v) is 13.3. The van der Waals surface area contributed by atoms with Gasteiger partial charge in [-0.1, -0.05) is 6.07 Å². The van der Waals surface area contributed by atoms with Crippen LogP contribution in [0.15, 0.2) is 42.7 Å². The fourth-order valence-corrected chi connectivity index (χ4v) is 4.99. The first-order valence-electron chi connectivity index (χ1n) is 13.3. The predicted molar refractivity (Wildman–Crippen MR) is 150 cm³/mol. The number of carbonyl (C=O) groups is 3. The van der Waals surface area contributed by atoms with E-state index in [-0.39, 0.29) is 24.7 Å². The zero-order valence-corrected chi connectivity index (χ0v) is 23.1. The van der Waals surface area contributed by atoms with Gasteiger partial charge in [-0.3, -0.25) is 29.1 Å². The number of aryl methyl sites for hydroxylation is 2. The molecular formula is C28H32N8O5. The summed E-state index contributed by atoms with van der Waals surface area (Å²) in [6.07, 6.45) is 3.93. The molecule has 0 fully saturated rings. The molecule has 0 aliphatic carbocycles. The molecule has 13 heteroatoms. The predicted octanol–water partition coefficient (Wildman–Crippen LogP) is 3.12. The number of hydrogen-bond donors (Lipinski definition) is 3. The van der Waals surface area contributed by atoms with E-state index in [1.54, 1.807) is 41.3 Å². The van der Waals surface area contributed by atoms with Crippen molar-refractivity contribution < 1.29 is 23.9 Å². The smallest absolute Gasteiger partial charge is 0.407 e. The SMILES string of the molecule is CCn1nc(C)cc1C(=O)Nc1nc2cc(C(N)=O)cc3c2n1[C@@](C)(CCCNC(=O)OCc1cccnc1)CO3. The number of alkyl carbamates (subject to hydrolysis) is 1. The molecule has 3 aromatic heterocycles.